The third-order valence-electron chi connectivity index (χ3n) is 7.99. The molecule has 0 aliphatic carbocycles. The van der Waals surface area contributed by atoms with Crippen LogP contribution in [0.3, 0.4) is 0 Å². The number of benzene rings is 1. The number of hydrogen-bond donors (Lipinski definition) is 0. The molecule has 1 aromatic carbocycles. The SMILES string of the molecule is CCOc1cccc2c1O[C@@](C)(CCC=C(C)C)[C@H]1CC3(CCN(C(=O)OC(C)(C)C)CC3)CO[C@H]21. The van der Waals surface area contributed by atoms with Crippen molar-refractivity contribution in [1.29, 1.82) is 0 Å². The van der Waals surface area contributed by atoms with Crippen LogP contribution in [-0.2, 0) is 9.47 Å². The maximum absolute atomic E-state index is 12.6. The van der Waals surface area contributed by atoms with Gasteiger partial charge in [0.05, 0.1) is 19.3 Å². The summed E-state index contributed by atoms with van der Waals surface area (Å²) in [5.74, 6) is 1.88. The molecule has 6 heteroatoms. The van der Waals surface area contributed by atoms with E-state index in [1.807, 2.05) is 44.7 Å². The Morgan fingerprint density at radius 2 is 1.94 bits per heavy atom. The quantitative estimate of drug-likeness (QED) is 0.405. The zero-order valence-corrected chi connectivity index (χ0v) is 23.3. The summed E-state index contributed by atoms with van der Waals surface area (Å²) in [5, 5.41) is 0. The van der Waals surface area contributed by atoms with Gasteiger partial charge in [0.2, 0.25) is 0 Å². The van der Waals surface area contributed by atoms with Crippen LogP contribution in [0.5, 0.6) is 11.5 Å². The summed E-state index contributed by atoms with van der Waals surface area (Å²) in [6.45, 7) is 17.0. The van der Waals surface area contributed by atoms with Gasteiger partial charge in [0.25, 0.3) is 0 Å². The summed E-state index contributed by atoms with van der Waals surface area (Å²) in [6.07, 6.45) is 6.83. The Kier molecular flexibility index (Phi) is 7.66. The largest absolute Gasteiger partial charge is 0.490 e. The van der Waals surface area contributed by atoms with Crippen molar-refractivity contribution >= 4 is 6.09 Å². The third-order valence-corrected chi connectivity index (χ3v) is 7.99. The average molecular weight is 500 g/mol. The van der Waals surface area contributed by atoms with Crippen molar-refractivity contribution in [2.45, 2.75) is 97.9 Å². The second kappa shape index (κ2) is 10.3. The van der Waals surface area contributed by atoms with Crippen LogP contribution in [0, 0.1) is 11.3 Å². The summed E-state index contributed by atoms with van der Waals surface area (Å²) in [6, 6.07) is 6.17. The molecule has 3 aliphatic rings. The van der Waals surface area contributed by atoms with Gasteiger partial charge in [-0.1, -0.05) is 23.8 Å². The van der Waals surface area contributed by atoms with Crippen molar-refractivity contribution < 1.29 is 23.7 Å². The van der Waals surface area contributed by atoms with Crippen LogP contribution in [0.15, 0.2) is 29.8 Å². The normalized spacial score (nSPS) is 26.9. The summed E-state index contributed by atoms with van der Waals surface area (Å²) >= 11 is 0. The molecule has 0 unspecified atom stereocenters. The predicted octanol–water partition coefficient (Wildman–Crippen LogP) is 7.08. The van der Waals surface area contributed by atoms with Gasteiger partial charge in [-0.25, -0.2) is 4.79 Å². The molecule has 4 rings (SSSR count). The number of allylic oxidation sites excluding steroid dienone is 2. The molecule has 0 radical (unpaired) electrons. The van der Waals surface area contributed by atoms with E-state index in [1.165, 1.54) is 5.57 Å². The maximum atomic E-state index is 12.6. The lowest BCUT2D eigenvalue weighted by atomic mass is 9.63. The summed E-state index contributed by atoms with van der Waals surface area (Å²) in [7, 11) is 0. The number of carbonyl (C=O) groups is 1. The molecule has 0 bridgehead atoms. The van der Waals surface area contributed by atoms with Gasteiger partial charge in [-0.15, -0.1) is 0 Å². The van der Waals surface area contributed by atoms with Crippen LogP contribution in [0.2, 0.25) is 0 Å². The first-order valence-electron chi connectivity index (χ1n) is 13.6. The van der Waals surface area contributed by atoms with Crippen molar-refractivity contribution in [3.63, 3.8) is 0 Å². The second-order valence-electron chi connectivity index (χ2n) is 12.4. The molecule has 0 saturated carbocycles. The molecule has 2 fully saturated rings. The highest BCUT2D eigenvalue weighted by Gasteiger charge is 2.55. The summed E-state index contributed by atoms with van der Waals surface area (Å²) < 4.78 is 25.2. The molecule has 0 N–H and O–H groups in total. The zero-order valence-electron chi connectivity index (χ0n) is 23.3. The second-order valence-corrected chi connectivity index (χ2v) is 12.4. The fourth-order valence-corrected chi connectivity index (χ4v) is 6.02. The smallest absolute Gasteiger partial charge is 0.410 e. The average Bonchev–Trinajstić information content (AvgIpc) is 2.79. The molecule has 1 amide bonds. The monoisotopic (exact) mass is 499 g/mol. The minimum atomic E-state index is -0.479. The minimum Gasteiger partial charge on any atom is -0.490 e. The highest BCUT2D eigenvalue weighted by atomic mass is 16.6. The molecule has 3 atom stereocenters. The van der Waals surface area contributed by atoms with E-state index >= 15 is 0 Å². The first kappa shape index (κ1) is 26.8. The molecule has 0 aromatic heterocycles. The molecule has 6 nitrogen and oxygen atoms in total. The highest BCUT2D eigenvalue weighted by Crippen LogP contribution is 2.58. The molecule has 2 saturated heterocycles. The molecule has 36 heavy (non-hydrogen) atoms. The van der Waals surface area contributed by atoms with Crippen molar-refractivity contribution in [3.8, 4) is 11.5 Å². The summed E-state index contributed by atoms with van der Waals surface area (Å²) in [5.41, 5.74) is 1.63. The van der Waals surface area contributed by atoms with Crippen molar-refractivity contribution in [1.82, 2.24) is 4.90 Å². The highest BCUT2D eigenvalue weighted by molar-refractivity contribution is 5.68. The first-order valence-corrected chi connectivity index (χ1v) is 13.6. The summed E-state index contributed by atoms with van der Waals surface area (Å²) in [4.78, 5) is 14.5. The lowest BCUT2D eigenvalue weighted by Gasteiger charge is -2.55. The van der Waals surface area contributed by atoms with E-state index < -0.39 is 5.60 Å². The van der Waals surface area contributed by atoms with Crippen LogP contribution >= 0.6 is 0 Å². The van der Waals surface area contributed by atoms with Crippen molar-refractivity contribution in [3.05, 3.63) is 35.4 Å². The van der Waals surface area contributed by atoms with E-state index in [2.05, 4.69) is 32.9 Å². The fraction of sp³-hybridized carbons (Fsp3) is 0.700. The van der Waals surface area contributed by atoms with Gasteiger partial charge in [0.15, 0.2) is 11.5 Å². The van der Waals surface area contributed by atoms with Crippen LogP contribution < -0.4 is 9.47 Å². The van der Waals surface area contributed by atoms with Gasteiger partial charge in [0.1, 0.15) is 11.2 Å². The van der Waals surface area contributed by atoms with Crippen LogP contribution in [0.4, 0.5) is 4.79 Å². The Morgan fingerprint density at radius 1 is 1.22 bits per heavy atom. The molecule has 200 valence electrons. The zero-order chi connectivity index (χ0) is 26.1. The molecule has 1 aromatic rings. The number of likely N-dealkylation sites (tertiary alicyclic amines) is 1. The van der Waals surface area contributed by atoms with E-state index in [4.69, 9.17) is 18.9 Å². The Balaban J connectivity index is 1.57. The Hall–Kier alpha value is -2.21. The Bertz CT molecular complexity index is 968. The molecular weight excluding hydrogens is 454 g/mol. The van der Waals surface area contributed by atoms with Gasteiger partial charge in [0, 0.05) is 24.6 Å². The molecular formula is C30H45NO5. The number of para-hydroxylation sites is 1. The van der Waals surface area contributed by atoms with Crippen LogP contribution in [0.25, 0.3) is 0 Å². The van der Waals surface area contributed by atoms with Crippen molar-refractivity contribution in [2.24, 2.45) is 11.3 Å². The first-order chi connectivity index (χ1) is 17.0. The topological polar surface area (TPSA) is 57.2 Å². The number of hydrogen-bond acceptors (Lipinski definition) is 5. The van der Waals surface area contributed by atoms with Crippen LogP contribution in [-0.4, -0.2) is 48.5 Å². The Morgan fingerprint density at radius 3 is 2.58 bits per heavy atom. The predicted molar refractivity (Wildman–Crippen MR) is 142 cm³/mol. The van der Waals surface area contributed by atoms with E-state index in [1.54, 1.807) is 0 Å². The van der Waals surface area contributed by atoms with Gasteiger partial charge >= 0.3 is 6.09 Å². The standard InChI is InChI=1S/C30H45NO5/c1-8-33-24-13-9-12-22-25-23(29(7,35-26(22)24)14-10-11-21(2)3)19-30(20-34-25)15-17-31(18-16-30)27(32)36-28(4,5)6/h9,11-13,23,25H,8,10,14-20H2,1-7H3/t23-,25+,29-/m0/s1. The van der Waals surface area contributed by atoms with Gasteiger partial charge in [-0.3, -0.25) is 0 Å². The van der Waals surface area contributed by atoms with E-state index in [0.717, 1.165) is 49.2 Å². The Labute approximate surface area is 217 Å². The van der Waals surface area contributed by atoms with E-state index in [9.17, 15) is 4.79 Å². The fourth-order valence-electron chi connectivity index (χ4n) is 6.02. The van der Waals surface area contributed by atoms with Gasteiger partial charge in [-0.2, -0.15) is 0 Å². The number of amides is 1. The van der Waals surface area contributed by atoms with Crippen molar-refractivity contribution in [2.75, 3.05) is 26.3 Å². The van der Waals surface area contributed by atoms with Gasteiger partial charge in [-0.05, 0) is 92.1 Å². The maximum Gasteiger partial charge on any atom is 0.410 e. The lowest BCUT2D eigenvalue weighted by molar-refractivity contribution is -0.180. The number of nitrogens with zero attached hydrogens (tertiary/aromatic N) is 1. The lowest BCUT2D eigenvalue weighted by Crippen LogP contribution is -2.56. The van der Waals surface area contributed by atoms with E-state index in [0.29, 0.717) is 26.3 Å². The number of ether oxygens (including phenoxy) is 4. The molecule has 1 spiro atoms. The molecule has 3 aliphatic heterocycles. The van der Waals surface area contributed by atoms with Crippen LogP contribution in [0.1, 0.15) is 92.2 Å². The number of piperidine rings is 1. The molecule has 3 heterocycles. The minimum absolute atomic E-state index is 0.0135. The number of fused-ring (bicyclic) bond motifs is 3. The van der Waals surface area contributed by atoms with E-state index in [-0.39, 0.29) is 29.1 Å². The number of carbonyl (C=O) groups excluding carboxylic acids is 1. The number of rotatable bonds is 5. The third kappa shape index (κ3) is 5.69. The van der Waals surface area contributed by atoms with Gasteiger partial charge < -0.3 is 23.8 Å².